The first kappa shape index (κ1) is 34.1. The number of aromatic nitrogens is 1. The molecule has 4 rings (SSSR count). The van der Waals surface area contributed by atoms with Gasteiger partial charge in [0.25, 0.3) is 0 Å². The summed E-state index contributed by atoms with van der Waals surface area (Å²) in [4.78, 5) is 32.3. The molecule has 0 amide bonds. The van der Waals surface area contributed by atoms with Crippen molar-refractivity contribution in [2.75, 3.05) is 13.1 Å². The Bertz CT molecular complexity index is 1450. The number of carbonyl (C=O) groups is 3. The first-order chi connectivity index (χ1) is 19.9. The molecule has 3 aromatic rings. The third-order valence-corrected chi connectivity index (χ3v) is 5.65. The maximum atomic E-state index is 12.4. The Morgan fingerprint density at radius 2 is 1.33 bits per heavy atom. The molecule has 0 saturated carbocycles. The van der Waals surface area contributed by atoms with Gasteiger partial charge in [-0.05, 0) is 54.6 Å². The van der Waals surface area contributed by atoms with Crippen molar-refractivity contribution in [3.05, 3.63) is 65.9 Å². The molecule has 0 radical (unpaired) electrons. The van der Waals surface area contributed by atoms with E-state index in [2.05, 4.69) is 4.90 Å². The Kier molecular flexibility index (Phi) is 11.3. The average molecular weight is 618 g/mol. The molecule has 1 fully saturated rings. The largest absolute Gasteiger partial charge is 0.490 e. The topological polar surface area (TPSA) is 183 Å². The number of ether oxygens (including phenoxy) is 1. The summed E-state index contributed by atoms with van der Waals surface area (Å²) in [6, 6.07) is 14.4. The molecule has 0 bridgehead atoms. The van der Waals surface area contributed by atoms with Crippen molar-refractivity contribution in [1.29, 1.82) is 10.8 Å². The number of nitrogen functional groups attached to an aromatic ring is 1. The molecule has 0 spiro atoms. The van der Waals surface area contributed by atoms with Gasteiger partial charge in [0, 0.05) is 35.9 Å². The maximum absolute atomic E-state index is 12.4. The summed E-state index contributed by atoms with van der Waals surface area (Å²) in [6.45, 7) is 1.90. The number of esters is 1. The van der Waals surface area contributed by atoms with Crippen molar-refractivity contribution < 1.29 is 55.7 Å². The van der Waals surface area contributed by atoms with Crippen molar-refractivity contribution in [3.63, 3.8) is 0 Å². The second-order valence-corrected chi connectivity index (χ2v) is 8.78. The number of nitrogens with two attached hydrogens (primary N) is 1. The third kappa shape index (κ3) is 10.4. The van der Waals surface area contributed by atoms with Crippen LogP contribution in [0.1, 0.15) is 24.0 Å². The number of aliphatic carboxylic acids is 2. The van der Waals surface area contributed by atoms with Gasteiger partial charge in [-0.25, -0.2) is 14.4 Å². The number of fused-ring (bicyclic) bond motifs is 1. The van der Waals surface area contributed by atoms with Crippen LogP contribution in [-0.2, 0) is 20.9 Å². The molecule has 0 aliphatic carbocycles. The monoisotopic (exact) mass is 617 g/mol. The smallest absolute Gasteiger partial charge is 0.475 e. The zero-order valence-electron chi connectivity index (χ0n) is 22.0. The van der Waals surface area contributed by atoms with Crippen molar-refractivity contribution in [2.24, 2.45) is 5.73 Å². The lowest BCUT2D eigenvalue weighted by molar-refractivity contribution is -0.193. The van der Waals surface area contributed by atoms with E-state index in [9.17, 15) is 31.1 Å². The van der Waals surface area contributed by atoms with Crippen molar-refractivity contribution in [2.45, 2.75) is 31.7 Å². The molecular weight excluding hydrogens is 592 g/mol. The molecule has 232 valence electrons. The van der Waals surface area contributed by atoms with E-state index in [1.54, 1.807) is 28.8 Å². The molecule has 43 heavy (non-hydrogen) atoms. The van der Waals surface area contributed by atoms with Crippen LogP contribution in [0.4, 0.5) is 26.3 Å². The molecular formula is C26H25F6N5O6. The van der Waals surface area contributed by atoms with Crippen LogP contribution in [0, 0.1) is 10.8 Å². The minimum atomic E-state index is -5.08. The van der Waals surface area contributed by atoms with Crippen molar-refractivity contribution in [1.82, 2.24) is 9.47 Å². The predicted octanol–water partition coefficient (Wildman–Crippen LogP) is 4.22. The first-order valence-electron chi connectivity index (χ1n) is 12.1. The number of carboxylic acid groups (broad SMARTS) is 2. The van der Waals surface area contributed by atoms with Gasteiger partial charge in [-0.2, -0.15) is 26.3 Å². The van der Waals surface area contributed by atoms with Crippen LogP contribution in [0.2, 0.25) is 0 Å². The third-order valence-electron chi connectivity index (χ3n) is 5.65. The normalized spacial score (nSPS) is 12.8. The summed E-state index contributed by atoms with van der Waals surface area (Å²) in [6.07, 6.45) is -6.10. The van der Waals surface area contributed by atoms with Crippen LogP contribution in [0.5, 0.6) is 5.75 Å². The number of rotatable bonds is 5. The highest BCUT2D eigenvalue weighted by Crippen LogP contribution is 2.20. The van der Waals surface area contributed by atoms with E-state index in [1.165, 1.54) is 0 Å². The summed E-state index contributed by atoms with van der Waals surface area (Å²) in [5.74, 6) is -4.95. The molecule has 2 heterocycles. The standard InChI is InChI=1S/C22H23N5O2.2C2HF3O2/c23-21(24)17-4-3-15-9-12-27(19(15)13-17)14-20(28)29-18-7-5-16(6-8-18)22(25)26-10-1-2-11-26;2*3-2(4,5)1(6)7/h3-9,12-13,25H,1-2,10-11,14H2,(H3,23,24);2*(H,6,7). The van der Waals surface area contributed by atoms with E-state index < -0.39 is 30.3 Å². The van der Waals surface area contributed by atoms with E-state index in [0.717, 1.165) is 42.4 Å². The lowest BCUT2D eigenvalue weighted by atomic mass is 10.1. The van der Waals surface area contributed by atoms with Gasteiger partial charge < -0.3 is 30.2 Å². The van der Waals surface area contributed by atoms with Gasteiger partial charge in [-0.3, -0.25) is 10.8 Å². The molecule has 6 N–H and O–H groups in total. The Hall–Kier alpha value is -5.09. The molecule has 1 saturated heterocycles. The number of likely N-dealkylation sites (tertiary alicyclic amines) is 1. The number of carboxylic acids is 2. The maximum Gasteiger partial charge on any atom is 0.490 e. The number of carbonyl (C=O) groups excluding carboxylic acids is 1. The second kappa shape index (κ2) is 14.2. The highest BCUT2D eigenvalue weighted by Gasteiger charge is 2.38. The van der Waals surface area contributed by atoms with E-state index in [-0.39, 0.29) is 12.4 Å². The molecule has 17 heteroatoms. The predicted molar refractivity (Wildman–Crippen MR) is 140 cm³/mol. The number of hydrogen-bond donors (Lipinski definition) is 5. The van der Waals surface area contributed by atoms with Gasteiger partial charge in [-0.15, -0.1) is 0 Å². The summed E-state index contributed by atoms with van der Waals surface area (Å²) in [7, 11) is 0. The highest BCUT2D eigenvalue weighted by atomic mass is 19.4. The SMILES string of the molecule is N=C(N)c1ccc2ccn(CC(=O)Oc3ccc(C(=N)N4CCCC4)cc3)c2c1.O=C(O)C(F)(F)F.O=C(O)C(F)(F)F. The summed E-state index contributed by atoms with van der Waals surface area (Å²) < 4.78 is 70.7. The molecule has 1 aliphatic heterocycles. The zero-order chi connectivity index (χ0) is 32.5. The van der Waals surface area contributed by atoms with Crippen LogP contribution >= 0.6 is 0 Å². The van der Waals surface area contributed by atoms with E-state index in [1.807, 2.05) is 30.5 Å². The average Bonchev–Trinajstić information content (AvgIpc) is 3.59. The van der Waals surface area contributed by atoms with E-state index in [4.69, 9.17) is 41.1 Å². The van der Waals surface area contributed by atoms with Crippen molar-refractivity contribution in [3.8, 4) is 5.75 Å². The summed E-state index contributed by atoms with van der Waals surface area (Å²) in [5.41, 5.74) is 7.82. The molecule has 0 atom stereocenters. The van der Waals surface area contributed by atoms with Gasteiger partial charge in [0.15, 0.2) is 0 Å². The number of alkyl halides is 6. The van der Waals surface area contributed by atoms with Gasteiger partial charge in [0.05, 0.1) is 0 Å². The van der Waals surface area contributed by atoms with Crippen LogP contribution in [0.3, 0.4) is 0 Å². The lowest BCUT2D eigenvalue weighted by Gasteiger charge is -2.18. The quantitative estimate of drug-likeness (QED) is 0.0927. The van der Waals surface area contributed by atoms with E-state index >= 15 is 0 Å². The molecule has 1 aliphatic rings. The van der Waals surface area contributed by atoms with Gasteiger partial charge in [0.1, 0.15) is 24.0 Å². The molecule has 0 unspecified atom stereocenters. The van der Waals surface area contributed by atoms with E-state index in [0.29, 0.717) is 17.1 Å². The first-order valence-corrected chi connectivity index (χ1v) is 12.1. The van der Waals surface area contributed by atoms with Gasteiger partial charge in [-0.1, -0.05) is 12.1 Å². The van der Waals surface area contributed by atoms with Crippen LogP contribution in [-0.4, -0.2) is 74.7 Å². The Labute approximate surface area is 239 Å². The highest BCUT2D eigenvalue weighted by molar-refractivity contribution is 5.99. The van der Waals surface area contributed by atoms with Crippen LogP contribution in [0.15, 0.2) is 54.7 Å². The number of amidine groups is 2. The molecule has 2 aromatic carbocycles. The Morgan fingerprint density at radius 1 is 0.837 bits per heavy atom. The molecule has 1 aromatic heterocycles. The summed E-state index contributed by atoms with van der Waals surface area (Å²) in [5, 5.41) is 31.1. The van der Waals surface area contributed by atoms with Crippen molar-refractivity contribution >= 4 is 40.5 Å². The van der Waals surface area contributed by atoms with Gasteiger partial charge in [0.2, 0.25) is 0 Å². The number of hydrogen-bond acceptors (Lipinski definition) is 6. The van der Waals surface area contributed by atoms with Crippen LogP contribution < -0.4 is 10.5 Å². The number of halogens is 6. The Balaban J connectivity index is 0.000000384. The Morgan fingerprint density at radius 3 is 1.79 bits per heavy atom. The van der Waals surface area contributed by atoms with Gasteiger partial charge >= 0.3 is 30.3 Å². The number of nitrogens with zero attached hydrogens (tertiary/aromatic N) is 2. The second-order valence-electron chi connectivity index (χ2n) is 8.78. The number of nitrogens with one attached hydrogen (secondary N) is 2. The minimum Gasteiger partial charge on any atom is -0.475 e. The fourth-order valence-corrected chi connectivity index (χ4v) is 3.60. The fourth-order valence-electron chi connectivity index (χ4n) is 3.60. The fraction of sp³-hybridized carbons (Fsp3) is 0.269. The van der Waals surface area contributed by atoms with Crippen LogP contribution in [0.25, 0.3) is 10.9 Å². The summed E-state index contributed by atoms with van der Waals surface area (Å²) >= 11 is 0. The number of benzene rings is 2. The molecule has 11 nitrogen and oxygen atoms in total. The zero-order valence-corrected chi connectivity index (χ0v) is 22.0. The minimum absolute atomic E-state index is 0.0122. The lowest BCUT2D eigenvalue weighted by Crippen LogP contribution is -2.27.